The first-order chi connectivity index (χ1) is 10.8. The van der Waals surface area contributed by atoms with Gasteiger partial charge in [0.15, 0.2) is 0 Å². The van der Waals surface area contributed by atoms with Gasteiger partial charge in [0.1, 0.15) is 0 Å². The van der Waals surface area contributed by atoms with Crippen molar-refractivity contribution in [2.45, 2.75) is 51.0 Å². The van der Waals surface area contributed by atoms with E-state index in [1.807, 2.05) is 22.4 Å². The van der Waals surface area contributed by atoms with Crippen LogP contribution in [0.4, 0.5) is 0 Å². The van der Waals surface area contributed by atoms with Crippen LogP contribution in [0.25, 0.3) is 0 Å². The fourth-order valence-electron chi connectivity index (χ4n) is 3.68. The summed E-state index contributed by atoms with van der Waals surface area (Å²) in [6.07, 6.45) is 7.23. The molecule has 2 heterocycles. The van der Waals surface area contributed by atoms with Gasteiger partial charge in [-0.3, -0.25) is 9.59 Å². The van der Waals surface area contributed by atoms with Crippen LogP contribution in [0, 0.1) is 5.92 Å². The lowest BCUT2D eigenvalue weighted by Gasteiger charge is -2.32. The summed E-state index contributed by atoms with van der Waals surface area (Å²) in [5, 5.41) is 5.01. The molecule has 5 heteroatoms. The van der Waals surface area contributed by atoms with Crippen molar-refractivity contribution in [2.24, 2.45) is 5.92 Å². The van der Waals surface area contributed by atoms with Gasteiger partial charge in [0.05, 0.1) is 10.8 Å². The van der Waals surface area contributed by atoms with Crippen LogP contribution >= 0.6 is 11.3 Å². The van der Waals surface area contributed by atoms with Crippen molar-refractivity contribution in [1.82, 2.24) is 10.2 Å². The van der Waals surface area contributed by atoms with Gasteiger partial charge >= 0.3 is 0 Å². The highest BCUT2D eigenvalue weighted by atomic mass is 32.1. The molecule has 2 fully saturated rings. The van der Waals surface area contributed by atoms with Crippen LogP contribution in [-0.4, -0.2) is 35.8 Å². The summed E-state index contributed by atoms with van der Waals surface area (Å²) < 4.78 is 0. The molecule has 1 aromatic rings. The van der Waals surface area contributed by atoms with Crippen molar-refractivity contribution in [3.63, 3.8) is 0 Å². The van der Waals surface area contributed by atoms with Gasteiger partial charge in [-0.1, -0.05) is 25.3 Å². The van der Waals surface area contributed by atoms with Crippen LogP contribution in [0.5, 0.6) is 0 Å². The molecule has 2 amide bonds. The number of nitrogens with one attached hydrogen (secondary N) is 1. The number of hydrogen-bond acceptors (Lipinski definition) is 3. The zero-order chi connectivity index (χ0) is 15.4. The van der Waals surface area contributed by atoms with Crippen LogP contribution in [0.15, 0.2) is 17.5 Å². The quantitative estimate of drug-likeness (QED) is 0.864. The molecule has 0 spiro atoms. The van der Waals surface area contributed by atoms with Gasteiger partial charge < -0.3 is 10.2 Å². The van der Waals surface area contributed by atoms with E-state index in [9.17, 15) is 9.59 Å². The minimum absolute atomic E-state index is 0.0259. The van der Waals surface area contributed by atoms with E-state index in [0.29, 0.717) is 0 Å². The second kappa shape index (κ2) is 7.27. The molecule has 0 bridgehead atoms. The van der Waals surface area contributed by atoms with Gasteiger partial charge in [0.2, 0.25) is 5.91 Å². The molecule has 120 valence electrons. The maximum absolute atomic E-state index is 12.9. The van der Waals surface area contributed by atoms with Crippen molar-refractivity contribution in [2.75, 3.05) is 13.1 Å². The molecular formula is C17H24N2O2S. The number of nitrogens with zero attached hydrogens (tertiary/aromatic N) is 1. The number of rotatable bonds is 1. The van der Waals surface area contributed by atoms with Crippen LogP contribution < -0.4 is 5.32 Å². The van der Waals surface area contributed by atoms with Gasteiger partial charge in [-0.15, -0.1) is 11.3 Å². The molecule has 3 rings (SSSR count). The molecule has 22 heavy (non-hydrogen) atoms. The Morgan fingerprint density at radius 3 is 2.86 bits per heavy atom. The molecule has 0 radical (unpaired) electrons. The Bertz CT molecular complexity index is 515. The number of carbonyl (C=O) groups is 2. The third kappa shape index (κ3) is 3.35. The van der Waals surface area contributed by atoms with E-state index >= 15 is 0 Å². The fourth-order valence-corrected chi connectivity index (χ4v) is 4.36. The van der Waals surface area contributed by atoms with E-state index in [1.54, 1.807) is 0 Å². The Labute approximate surface area is 135 Å². The molecule has 0 aromatic carbocycles. The lowest BCUT2D eigenvalue weighted by atomic mass is 10.0. The smallest absolute Gasteiger partial charge is 0.264 e. The molecule has 2 unspecified atom stereocenters. The summed E-state index contributed by atoms with van der Waals surface area (Å²) in [6.45, 7) is 1.56. The normalized spacial score (nSPS) is 26.9. The summed E-state index contributed by atoms with van der Waals surface area (Å²) in [5.41, 5.74) is 0. The molecule has 2 atom stereocenters. The Morgan fingerprint density at radius 1 is 1.18 bits per heavy atom. The number of fused-ring (bicyclic) bond motifs is 1. The van der Waals surface area contributed by atoms with Crippen LogP contribution in [0.3, 0.4) is 0 Å². The number of thiophene rings is 1. The van der Waals surface area contributed by atoms with Crippen molar-refractivity contribution in [1.29, 1.82) is 0 Å². The topological polar surface area (TPSA) is 49.4 Å². The lowest BCUT2D eigenvalue weighted by molar-refractivity contribution is -0.126. The second-order valence-corrected chi connectivity index (χ2v) is 7.23. The third-order valence-corrected chi connectivity index (χ3v) is 5.69. The Kier molecular flexibility index (Phi) is 5.13. The zero-order valence-electron chi connectivity index (χ0n) is 12.9. The summed E-state index contributed by atoms with van der Waals surface area (Å²) in [6, 6.07) is 3.89. The highest BCUT2D eigenvalue weighted by Gasteiger charge is 2.39. The van der Waals surface area contributed by atoms with Gasteiger partial charge in [-0.25, -0.2) is 0 Å². The SMILES string of the molecule is O=C1NCCCCCCN(C(=O)c2cccs2)C2CCCC12. The number of amides is 2. The van der Waals surface area contributed by atoms with E-state index in [1.165, 1.54) is 11.3 Å². The number of carbonyl (C=O) groups excluding carboxylic acids is 2. The van der Waals surface area contributed by atoms with Crippen molar-refractivity contribution in [3.8, 4) is 0 Å². The summed E-state index contributed by atoms with van der Waals surface area (Å²) >= 11 is 1.49. The van der Waals surface area contributed by atoms with E-state index in [0.717, 1.165) is 62.9 Å². The molecule has 1 N–H and O–H groups in total. The molecule has 1 saturated carbocycles. The van der Waals surface area contributed by atoms with Crippen molar-refractivity contribution in [3.05, 3.63) is 22.4 Å². The van der Waals surface area contributed by atoms with Crippen molar-refractivity contribution < 1.29 is 9.59 Å². The van der Waals surface area contributed by atoms with E-state index in [-0.39, 0.29) is 23.8 Å². The Balaban J connectivity index is 1.82. The monoisotopic (exact) mass is 320 g/mol. The molecular weight excluding hydrogens is 296 g/mol. The average molecular weight is 320 g/mol. The lowest BCUT2D eigenvalue weighted by Crippen LogP contribution is -2.47. The molecule has 4 nitrogen and oxygen atoms in total. The predicted molar refractivity (Wildman–Crippen MR) is 88.0 cm³/mol. The van der Waals surface area contributed by atoms with Crippen LogP contribution in [-0.2, 0) is 4.79 Å². The molecule has 1 aliphatic carbocycles. The summed E-state index contributed by atoms with van der Waals surface area (Å²) in [5.74, 6) is 0.231. The molecule has 1 aromatic heterocycles. The first-order valence-electron chi connectivity index (χ1n) is 8.39. The van der Waals surface area contributed by atoms with Crippen LogP contribution in [0.1, 0.15) is 54.6 Å². The highest BCUT2D eigenvalue weighted by molar-refractivity contribution is 7.12. The first kappa shape index (κ1) is 15.5. The Hall–Kier alpha value is -1.36. The average Bonchev–Trinajstić information content (AvgIpc) is 3.19. The number of hydrogen-bond donors (Lipinski definition) is 1. The van der Waals surface area contributed by atoms with E-state index in [4.69, 9.17) is 0 Å². The van der Waals surface area contributed by atoms with E-state index in [2.05, 4.69) is 5.32 Å². The summed E-state index contributed by atoms with van der Waals surface area (Å²) in [7, 11) is 0. The minimum Gasteiger partial charge on any atom is -0.356 e. The maximum Gasteiger partial charge on any atom is 0.264 e. The standard InChI is InChI=1S/C17H24N2O2S/c20-16-13-7-5-8-14(13)19(11-4-2-1-3-10-18-16)17(21)15-9-6-12-22-15/h6,9,12-14H,1-5,7-8,10-11H2,(H,18,20). The molecule has 1 aliphatic heterocycles. The van der Waals surface area contributed by atoms with Crippen LogP contribution in [0.2, 0.25) is 0 Å². The van der Waals surface area contributed by atoms with Gasteiger partial charge in [-0.05, 0) is 37.1 Å². The molecule has 1 saturated heterocycles. The minimum atomic E-state index is -0.0259. The zero-order valence-corrected chi connectivity index (χ0v) is 13.7. The maximum atomic E-state index is 12.9. The third-order valence-electron chi connectivity index (χ3n) is 4.83. The van der Waals surface area contributed by atoms with E-state index < -0.39 is 0 Å². The van der Waals surface area contributed by atoms with Gasteiger partial charge in [0, 0.05) is 19.1 Å². The van der Waals surface area contributed by atoms with Crippen molar-refractivity contribution >= 4 is 23.2 Å². The fraction of sp³-hybridized carbons (Fsp3) is 0.647. The molecule has 2 aliphatic rings. The Morgan fingerprint density at radius 2 is 2.05 bits per heavy atom. The largest absolute Gasteiger partial charge is 0.356 e. The van der Waals surface area contributed by atoms with Gasteiger partial charge in [0.25, 0.3) is 5.91 Å². The van der Waals surface area contributed by atoms with Gasteiger partial charge in [-0.2, -0.15) is 0 Å². The second-order valence-electron chi connectivity index (χ2n) is 6.29. The highest BCUT2D eigenvalue weighted by Crippen LogP contribution is 2.32. The predicted octanol–water partition coefficient (Wildman–Crippen LogP) is 3.05. The summed E-state index contributed by atoms with van der Waals surface area (Å²) in [4.78, 5) is 28.1. The first-order valence-corrected chi connectivity index (χ1v) is 9.27.